The van der Waals surface area contributed by atoms with Crippen LogP contribution in [-0.2, 0) is 11.2 Å². The van der Waals surface area contributed by atoms with Crippen LogP contribution in [0.15, 0.2) is 24.3 Å². The van der Waals surface area contributed by atoms with Crippen molar-refractivity contribution in [2.45, 2.75) is 39.7 Å². The predicted molar refractivity (Wildman–Crippen MR) is 72.9 cm³/mol. The number of carbonyl (C=O) groups is 2. The quantitative estimate of drug-likeness (QED) is 0.752. The van der Waals surface area contributed by atoms with Gasteiger partial charge in [-0.3, -0.25) is 9.59 Å². The fraction of sp³-hybridized carbons (Fsp3) is 0.467. The van der Waals surface area contributed by atoms with Crippen LogP contribution in [0.2, 0.25) is 0 Å². The molecule has 3 nitrogen and oxygen atoms in total. The molecule has 1 N–H and O–H groups in total. The second-order valence-corrected chi connectivity index (χ2v) is 4.39. The van der Waals surface area contributed by atoms with E-state index in [1.807, 2.05) is 38.1 Å². The van der Waals surface area contributed by atoms with Crippen molar-refractivity contribution in [3.05, 3.63) is 35.4 Å². The van der Waals surface area contributed by atoms with Crippen LogP contribution in [-0.4, -0.2) is 24.2 Å². The molecule has 0 bridgehead atoms. The summed E-state index contributed by atoms with van der Waals surface area (Å²) in [4.78, 5) is 22.9. The van der Waals surface area contributed by atoms with Crippen molar-refractivity contribution < 1.29 is 9.59 Å². The molecule has 0 aliphatic heterocycles. The lowest BCUT2D eigenvalue weighted by molar-refractivity contribution is -0.120. The average molecular weight is 247 g/mol. The van der Waals surface area contributed by atoms with E-state index < -0.39 is 0 Å². The van der Waals surface area contributed by atoms with E-state index in [4.69, 9.17) is 0 Å². The van der Waals surface area contributed by atoms with Gasteiger partial charge < -0.3 is 5.32 Å². The Morgan fingerprint density at radius 1 is 1.17 bits per heavy atom. The third kappa shape index (κ3) is 4.08. The minimum Gasteiger partial charge on any atom is -0.307 e. The Labute approximate surface area is 109 Å². The summed E-state index contributed by atoms with van der Waals surface area (Å²) in [6.07, 6.45) is 1.22. The summed E-state index contributed by atoms with van der Waals surface area (Å²) in [7, 11) is 0. The summed E-state index contributed by atoms with van der Waals surface area (Å²) in [6.45, 7) is 6.21. The Morgan fingerprint density at radius 3 is 2.22 bits per heavy atom. The molecule has 0 saturated heterocycles. The van der Waals surface area contributed by atoms with E-state index in [0.29, 0.717) is 18.4 Å². The molecule has 0 radical (unpaired) electrons. The molecule has 1 aromatic carbocycles. The zero-order chi connectivity index (χ0) is 13.5. The first kappa shape index (κ1) is 14.6. The average Bonchev–Trinajstić information content (AvgIpc) is 2.38. The van der Waals surface area contributed by atoms with Crippen LogP contribution in [0.1, 0.15) is 43.1 Å². The Balaban J connectivity index is 2.74. The van der Waals surface area contributed by atoms with Crippen molar-refractivity contribution >= 4 is 11.6 Å². The minimum absolute atomic E-state index is 0.0643. The van der Waals surface area contributed by atoms with Crippen molar-refractivity contribution in [3.63, 3.8) is 0 Å². The lowest BCUT2D eigenvalue weighted by Gasteiger charge is -2.16. The van der Waals surface area contributed by atoms with Gasteiger partial charge in [-0.1, -0.05) is 38.1 Å². The second-order valence-electron chi connectivity index (χ2n) is 4.39. The molecule has 98 valence electrons. The molecule has 1 rings (SSSR count). The van der Waals surface area contributed by atoms with Gasteiger partial charge in [0.25, 0.3) is 0 Å². The molecule has 1 atom stereocenters. The maximum atomic E-state index is 11.8. The van der Waals surface area contributed by atoms with Crippen LogP contribution in [0.3, 0.4) is 0 Å². The molecule has 1 aromatic rings. The first-order valence-corrected chi connectivity index (χ1v) is 6.44. The predicted octanol–water partition coefficient (Wildman–Crippen LogP) is 2.39. The Hall–Kier alpha value is -1.48. The highest BCUT2D eigenvalue weighted by atomic mass is 16.1. The summed E-state index contributed by atoms with van der Waals surface area (Å²) in [5.74, 6) is 0.293. The number of likely N-dealkylation sites (N-methyl/N-ethyl adjacent to an activating group) is 1. The Bertz CT molecular complexity index is 409. The summed E-state index contributed by atoms with van der Waals surface area (Å²) < 4.78 is 0. The van der Waals surface area contributed by atoms with E-state index in [1.54, 1.807) is 6.92 Å². The van der Waals surface area contributed by atoms with Gasteiger partial charge in [0.1, 0.15) is 5.78 Å². The van der Waals surface area contributed by atoms with Gasteiger partial charge in [-0.25, -0.2) is 0 Å². The molecule has 0 aliphatic rings. The van der Waals surface area contributed by atoms with Crippen LogP contribution in [0.25, 0.3) is 0 Å². The molecular formula is C15H21NO2. The lowest BCUT2D eigenvalue weighted by Crippen LogP contribution is -2.38. The molecule has 18 heavy (non-hydrogen) atoms. The summed E-state index contributed by atoms with van der Waals surface area (Å²) in [5.41, 5.74) is 1.79. The highest BCUT2D eigenvalue weighted by Crippen LogP contribution is 2.09. The third-order valence-corrected chi connectivity index (χ3v) is 2.99. The molecule has 3 heteroatoms. The molecule has 0 heterocycles. The number of Topliss-reactive ketones (excluding diaryl/α,β-unsaturated/α-hetero) is 2. The number of hydrogen-bond acceptors (Lipinski definition) is 3. The Kier molecular flexibility index (Phi) is 5.72. The molecule has 0 saturated carbocycles. The minimum atomic E-state index is -0.122. The van der Waals surface area contributed by atoms with Crippen molar-refractivity contribution in [2.75, 3.05) is 6.54 Å². The van der Waals surface area contributed by atoms with Gasteiger partial charge in [0.05, 0.1) is 6.04 Å². The molecule has 0 amide bonds. The highest BCUT2D eigenvalue weighted by molar-refractivity contribution is 5.94. The molecule has 0 aromatic heterocycles. The van der Waals surface area contributed by atoms with Gasteiger partial charge in [0.15, 0.2) is 5.78 Å². The normalized spacial score (nSPS) is 12.2. The molecule has 0 fully saturated rings. The van der Waals surface area contributed by atoms with E-state index in [2.05, 4.69) is 5.32 Å². The van der Waals surface area contributed by atoms with Crippen LogP contribution >= 0.6 is 0 Å². The first-order chi connectivity index (χ1) is 8.58. The number of carbonyl (C=O) groups excluding carboxylic acids is 2. The summed E-state index contributed by atoms with van der Waals surface area (Å²) in [6, 6.07) is 7.35. The lowest BCUT2D eigenvalue weighted by atomic mass is 9.99. The van der Waals surface area contributed by atoms with Crippen LogP contribution in [0.4, 0.5) is 0 Å². The van der Waals surface area contributed by atoms with E-state index in [0.717, 1.165) is 12.1 Å². The zero-order valence-electron chi connectivity index (χ0n) is 11.3. The third-order valence-electron chi connectivity index (χ3n) is 2.99. The fourth-order valence-corrected chi connectivity index (χ4v) is 1.90. The smallest absolute Gasteiger partial charge is 0.159 e. The first-order valence-electron chi connectivity index (χ1n) is 6.44. The van der Waals surface area contributed by atoms with Crippen molar-refractivity contribution in [1.29, 1.82) is 0 Å². The van der Waals surface area contributed by atoms with Crippen molar-refractivity contribution in [3.8, 4) is 0 Å². The number of benzene rings is 1. The van der Waals surface area contributed by atoms with Crippen molar-refractivity contribution in [2.24, 2.45) is 0 Å². The number of hydrogen-bond donors (Lipinski definition) is 1. The number of nitrogens with one attached hydrogen (secondary N) is 1. The summed E-state index contributed by atoms with van der Waals surface area (Å²) >= 11 is 0. The highest BCUT2D eigenvalue weighted by Gasteiger charge is 2.15. The van der Waals surface area contributed by atoms with Crippen LogP contribution < -0.4 is 5.32 Å². The molecular weight excluding hydrogens is 226 g/mol. The van der Waals surface area contributed by atoms with Gasteiger partial charge >= 0.3 is 0 Å². The van der Waals surface area contributed by atoms with E-state index in [-0.39, 0.29) is 17.6 Å². The topological polar surface area (TPSA) is 46.2 Å². The van der Waals surface area contributed by atoms with Gasteiger partial charge in [-0.05, 0) is 25.5 Å². The monoisotopic (exact) mass is 247 g/mol. The van der Waals surface area contributed by atoms with Crippen LogP contribution in [0, 0.1) is 0 Å². The zero-order valence-corrected chi connectivity index (χ0v) is 11.3. The maximum Gasteiger partial charge on any atom is 0.159 e. The maximum absolute atomic E-state index is 11.8. The van der Waals surface area contributed by atoms with E-state index >= 15 is 0 Å². The summed E-state index contributed by atoms with van der Waals surface area (Å²) in [5, 5.41) is 3.20. The van der Waals surface area contributed by atoms with Gasteiger partial charge in [0, 0.05) is 12.0 Å². The van der Waals surface area contributed by atoms with Gasteiger partial charge in [-0.2, -0.15) is 0 Å². The van der Waals surface area contributed by atoms with Crippen molar-refractivity contribution in [1.82, 2.24) is 5.32 Å². The standard InChI is InChI=1S/C15H21NO2/c1-4-15(18)14(16-5-2)10-12-6-8-13(9-7-12)11(3)17/h6-9,14,16H,4-5,10H2,1-3H3. The number of rotatable bonds is 7. The van der Waals surface area contributed by atoms with Gasteiger partial charge in [-0.15, -0.1) is 0 Å². The molecule has 1 unspecified atom stereocenters. The van der Waals surface area contributed by atoms with E-state index in [9.17, 15) is 9.59 Å². The van der Waals surface area contributed by atoms with E-state index in [1.165, 1.54) is 0 Å². The SMILES string of the molecule is CCNC(Cc1ccc(C(C)=O)cc1)C(=O)CC. The van der Waals surface area contributed by atoms with Crippen LogP contribution in [0.5, 0.6) is 0 Å². The molecule has 0 spiro atoms. The van der Waals surface area contributed by atoms with Gasteiger partial charge in [0.2, 0.25) is 0 Å². The fourth-order valence-electron chi connectivity index (χ4n) is 1.90. The Morgan fingerprint density at radius 2 is 1.78 bits per heavy atom. The largest absolute Gasteiger partial charge is 0.307 e. The second kappa shape index (κ2) is 7.07. The number of ketones is 2. The molecule has 0 aliphatic carbocycles.